The number of nitrogens with one attached hydrogen (secondary N) is 2. The van der Waals surface area contributed by atoms with Crippen LogP contribution in [0.2, 0.25) is 0 Å². The van der Waals surface area contributed by atoms with Gasteiger partial charge in [-0.15, -0.1) is 11.8 Å². The Morgan fingerprint density at radius 2 is 1.46 bits per heavy atom. The number of carbonyl (C=O) groups is 2. The summed E-state index contributed by atoms with van der Waals surface area (Å²) in [5.41, 5.74) is 0.341. The average Bonchev–Trinajstić information content (AvgIpc) is 2.83. The van der Waals surface area contributed by atoms with Gasteiger partial charge in [0.1, 0.15) is 0 Å². The maximum Gasteiger partial charge on any atom is 0.416 e. The molecule has 4 rings (SSSR count). The summed E-state index contributed by atoms with van der Waals surface area (Å²) >= 11 is 1.23. The summed E-state index contributed by atoms with van der Waals surface area (Å²) in [7, 11) is 0. The van der Waals surface area contributed by atoms with Crippen LogP contribution in [0.4, 0.5) is 24.5 Å². The summed E-state index contributed by atoms with van der Waals surface area (Å²) in [6.45, 7) is 1.66. The van der Waals surface area contributed by atoms with E-state index in [0.29, 0.717) is 11.3 Å². The van der Waals surface area contributed by atoms with Gasteiger partial charge in [-0.1, -0.05) is 42.5 Å². The Bertz CT molecular complexity index is 1390. The second-order valence-electron chi connectivity index (χ2n) is 7.87. The lowest BCUT2D eigenvalue weighted by Gasteiger charge is -2.14. The number of hydrogen-bond donors (Lipinski definition) is 2. The molecule has 1 atom stereocenters. The first kappa shape index (κ1) is 24.3. The van der Waals surface area contributed by atoms with Crippen LogP contribution in [0.5, 0.6) is 0 Å². The number of rotatable bonds is 6. The highest BCUT2D eigenvalue weighted by atomic mass is 32.2. The van der Waals surface area contributed by atoms with Gasteiger partial charge in [-0.05, 0) is 66.2 Å². The highest BCUT2D eigenvalue weighted by Crippen LogP contribution is 2.31. The van der Waals surface area contributed by atoms with Gasteiger partial charge >= 0.3 is 6.18 Å². The molecule has 4 nitrogen and oxygen atoms in total. The van der Waals surface area contributed by atoms with Crippen molar-refractivity contribution in [3.63, 3.8) is 0 Å². The molecule has 8 heteroatoms. The fourth-order valence-electron chi connectivity index (χ4n) is 3.46. The van der Waals surface area contributed by atoms with Crippen molar-refractivity contribution in [2.24, 2.45) is 0 Å². The molecule has 0 aliphatic heterocycles. The number of amides is 2. The highest BCUT2D eigenvalue weighted by Gasteiger charge is 2.30. The van der Waals surface area contributed by atoms with Gasteiger partial charge in [0.25, 0.3) is 5.91 Å². The van der Waals surface area contributed by atoms with Crippen LogP contribution in [-0.2, 0) is 11.0 Å². The maximum atomic E-state index is 12.9. The SMILES string of the molecule is CC(Sc1cccc(NC(=O)c2ccc3ccccc3c2)c1)C(=O)Nc1cccc(C(F)(F)F)c1. The lowest BCUT2D eigenvalue weighted by atomic mass is 10.1. The molecule has 0 saturated heterocycles. The molecule has 0 bridgehead atoms. The number of alkyl halides is 3. The lowest BCUT2D eigenvalue weighted by Crippen LogP contribution is -2.22. The minimum atomic E-state index is -4.49. The zero-order chi connectivity index (χ0) is 25.0. The van der Waals surface area contributed by atoms with E-state index in [1.54, 1.807) is 37.3 Å². The summed E-state index contributed by atoms with van der Waals surface area (Å²) in [6.07, 6.45) is -4.49. The fourth-order valence-corrected chi connectivity index (χ4v) is 4.38. The molecule has 0 radical (unpaired) electrons. The van der Waals surface area contributed by atoms with Crippen molar-refractivity contribution < 1.29 is 22.8 Å². The summed E-state index contributed by atoms with van der Waals surface area (Å²) in [5.74, 6) is -0.687. The van der Waals surface area contributed by atoms with Crippen molar-refractivity contribution in [2.45, 2.75) is 23.2 Å². The summed E-state index contributed by atoms with van der Waals surface area (Å²) < 4.78 is 38.7. The van der Waals surface area contributed by atoms with E-state index in [2.05, 4.69) is 10.6 Å². The number of carbonyl (C=O) groups excluding carboxylic acids is 2. The van der Waals surface area contributed by atoms with Crippen LogP contribution in [0.25, 0.3) is 10.8 Å². The Kier molecular flexibility index (Phi) is 7.12. The Labute approximate surface area is 204 Å². The standard InChI is InChI=1S/C27H21F3N2O2S/c1-17(25(33)31-22-9-4-8-21(15-22)27(28,29)30)35-24-11-5-10-23(16-24)32-26(34)20-13-12-18-6-2-3-7-19(18)14-20/h2-17H,1H3,(H,31,33)(H,32,34). The Hall–Kier alpha value is -3.78. The van der Waals surface area contributed by atoms with Crippen LogP contribution in [0.15, 0.2) is 95.9 Å². The maximum absolute atomic E-state index is 12.9. The summed E-state index contributed by atoms with van der Waals surface area (Å²) in [6, 6.07) is 24.8. The zero-order valence-corrected chi connectivity index (χ0v) is 19.4. The molecule has 35 heavy (non-hydrogen) atoms. The van der Waals surface area contributed by atoms with Gasteiger partial charge in [0.05, 0.1) is 10.8 Å². The minimum absolute atomic E-state index is 0.0775. The Morgan fingerprint density at radius 1 is 0.771 bits per heavy atom. The van der Waals surface area contributed by atoms with Crippen LogP contribution < -0.4 is 10.6 Å². The lowest BCUT2D eigenvalue weighted by molar-refractivity contribution is -0.137. The molecule has 2 amide bonds. The number of benzene rings is 4. The summed E-state index contributed by atoms with van der Waals surface area (Å²) in [5, 5.41) is 6.81. The van der Waals surface area contributed by atoms with E-state index in [1.165, 1.54) is 23.9 Å². The molecule has 0 spiro atoms. The molecule has 0 aliphatic rings. The van der Waals surface area contributed by atoms with Crippen molar-refractivity contribution in [1.82, 2.24) is 0 Å². The van der Waals surface area contributed by atoms with Crippen LogP contribution >= 0.6 is 11.8 Å². The van der Waals surface area contributed by atoms with Crippen LogP contribution in [0.3, 0.4) is 0 Å². The molecule has 0 heterocycles. The molecule has 178 valence electrons. The molecule has 0 aromatic heterocycles. The van der Waals surface area contributed by atoms with Crippen molar-refractivity contribution in [2.75, 3.05) is 10.6 Å². The van der Waals surface area contributed by atoms with E-state index in [4.69, 9.17) is 0 Å². The van der Waals surface area contributed by atoms with Crippen LogP contribution in [-0.4, -0.2) is 17.1 Å². The zero-order valence-electron chi connectivity index (χ0n) is 18.6. The average molecular weight is 495 g/mol. The molecule has 4 aromatic carbocycles. The van der Waals surface area contributed by atoms with E-state index < -0.39 is 22.9 Å². The molecule has 2 N–H and O–H groups in total. The number of thioether (sulfide) groups is 1. The van der Waals surface area contributed by atoms with Gasteiger partial charge in [-0.2, -0.15) is 13.2 Å². The highest BCUT2D eigenvalue weighted by molar-refractivity contribution is 8.00. The van der Waals surface area contributed by atoms with E-state index in [0.717, 1.165) is 27.8 Å². The first-order chi connectivity index (χ1) is 16.7. The first-order valence-corrected chi connectivity index (χ1v) is 11.6. The first-order valence-electron chi connectivity index (χ1n) is 10.7. The van der Waals surface area contributed by atoms with Gasteiger partial charge in [0, 0.05) is 21.8 Å². The van der Waals surface area contributed by atoms with Gasteiger partial charge in [-0.25, -0.2) is 0 Å². The summed E-state index contributed by atoms with van der Waals surface area (Å²) in [4.78, 5) is 26.0. The second-order valence-corrected chi connectivity index (χ2v) is 9.29. The van der Waals surface area contributed by atoms with Crippen molar-refractivity contribution in [3.8, 4) is 0 Å². The normalized spacial score (nSPS) is 12.2. The topological polar surface area (TPSA) is 58.2 Å². The molecule has 1 unspecified atom stereocenters. The third-order valence-corrected chi connectivity index (χ3v) is 6.34. The molecule has 4 aromatic rings. The molecule has 0 fully saturated rings. The number of fused-ring (bicyclic) bond motifs is 1. The van der Waals surface area contributed by atoms with Gasteiger partial charge in [0.15, 0.2) is 0 Å². The van der Waals surface area contributed by atoms with E-state index in [1.807, 2.05) is 36.4 Å². The second kappa shape index (κ2) is 10.2. The van der Waals surface area contributed by atoms with Gasteiger partial charge < -0.3 is 10.6 Å². The van der Waals surface area contributed by atoms with Crippen molar-refractivity contribution in [1.29, 1.82) is 0 Å². The Morgan fingerprint density at radius 3 is 2.20 bits per heavy atom. The monoisotopic (exact) mass is 494 g/mol. The third-order valence-electron chi connectivity index (χ3n) is 5.24. The molecule has 0 aliphatic carbocycles. The molecular weight excluding hydrogens is 473 g/mol. The molecule has 0 saturated carbocycles. The number of anilines is 2. The van der Waals surface area contributed by atoms with E-state index in [9.17, 15) is 22.8 Å². The third kappa shape index (κ3) is 6.22. The molecular formula is C27H21F3N2O2S. The van der Waals surface area contributed by atoms with Crippen molar-refractivity contribution in [3.05, 3.63) is 102 Å². The van der Waals surface area contributed by atoms with Crippen LogP contribution in [0.1, 0.15) is 22.8 Å². The largest absolute Gasteiger partial charge is 0.416 e. The van der Waals surface area contributed by atoms with E-state index >= 15 is 0 Å². The van der Waals surface area contributed by atoms with Gasteiger partial charge in [-0.3, -0.25) is 9.59 Å². The number of hydrogen-bond acceptors (Lipinski definition) is 3. The fraction of sp³-hybridized carbons (Fsp3) is 0.111. The predicted molar refractivity (Wildman–Crippen MR) is 134 cm³/mol. The minimum Gasteiger partial charge on any atom is -0.325 e. The smallest absolute Gasteiger partial charge is 0.325 e. The van der Waals surface area contributed by atoms with Crippen molar-refractivity contribution >= 4 is 45.7 Å². The predicted octanol–water partition coefficient (Wildman–Crippen LogP) is 7.23. The van der Waals surface area contributed by atoms with Gasteiger partial charge in [0.2, 0.25) is 5.91 Å². The number of halogens is 3. The van der Waals surface area contributed by atoms with Crippen LogP contribution in [0, 0.1) is 0 Å². The Balaban J connectivity index is 1.40. The quantitative estimate of drug-likeness (QED) is 0.278. The van der Waals surface area contributed by atoms with E-state index in [-0.39, 0.29) is 11.6 Å².